The number of nitrogens with one attached hydrogen (secondary N) is 2. The Balaban J connectivity index is 1.66. The van der Waals surface area contributed by atoms with Gasteiger partial charge in [0.1, 0.15) is 17.3 Å². The summed E-state index contributed by atoms with van der Waals surface area (Å²) in [6.07, 6.45) is 4.10. The number of nitrogens with zero attached hydrogens (tertiary/aromatic N) is 1. The highest BCUT2D eigenvalue weighted by molar-refractivity contribution is 5.93. The van der Waals surface area contributed by atoms with Gasteiger partial charge in [0.25, 0.3) is 0 Å². The van der Waals surface area contributed by atoms with Crippen molar-refractivity contribution in [2.24, 2.45) is 5.92 Å². The average molecular weight is 297 g/mol. The minimum Gasteiger partial charge on any atom is -0.457 e. The van der Waals surface area contributed by atoms with Gasteiger partial charge in [0, 0.05) is 23.9 Å². The Labute approximate surface area is 127 Å². The summed E-state index contributed by atoms with van der Waals surface area (Å²) >= 11 is 0. The van der Waals surface area contributed by atoms with Gasteiger partial charge in [0.05, 0.1) is 0 Å². The first kappa shape index (κ1) is 14.1. The average Bonchev–Trinajstić information content (AvgIpc) is 3.35. The molecule has 22 heavy (non-hydrogen) atoms. The van der Waals surface area contributed by atoms with Crippen LogP contribution in [-0.2, 0) is 9.59 Å². The van der Waals surface area contributed by atoms with Crippen LogP contribution in [0.1, 0.15) is 12.8 Å². The fourth-order valence-electron chi connectivity index (χ4n) is 1.94. The zero-order chi connectivity index (χ0) is 15.4. The van der Waals surface area contributed by atoms with E-state index in [1.165, 1.54) is 0 Å². The molecule has 1 fully saturated rings. The second-order valence-electron chi connectivity index (χ2n) is 5.03. The van der Waals surface area contributed by atoms with Crippen LogP contribution in [-0.4, -0.2) is 17.3 Å². The molecule has 6 heteroatoms. The number of rotatable bonds is 6. The van der Waals surface area contributed by atoms with Crippen molar-refractivity contribution in [3.63, 3.8) is 0 Å². The van der Waals surface area contributed by atoms with Crippen LogP contribution in [0.15, 0.2) is 42.6 Å². The SMILES string of the molecule is O=CNc1ccc(Oc2ccnc(NC(=O)C3CC3)c2)cc1. The van der Waals surface area contributed by atoms with Crippen LogP contribution in [0.3, 0.4) is 0 Å². The van der Waals surface area contributed by atoms with E-state index >= 15 is 0 Å². The third kappa shape index (κ3) is 3.60. The fourth-order valence-corrected chi connectivity index (χ4v) is 1.94. The van der Waals surface area contributed by atoms with Crippen LogP contribution in [0, 0.1) is 5.92 Å². The molecule has 0 spiro atoms. The Bertz CT molecular complexity index is 681. The third-order valence-electron chi connectivity index (χ3n) is 3.25. The van der Waals surface area contributed by atoms with Crippen molar-refractivity contribution in [2.75, 3.05) is 10.6 Å². The number of pyridine rings is 1. The van der Waals surface area contributed by atoms with E-state index in [4.69, 9.17) is 4.74 Å². The number of anilines is 2. The van der Waals surface area contributed by atoms with Crippen molar-refractivity contribution in [3.05, 3.63) is 42.6 Å². The van der Waals surface area contributed by atoms with E-state index in [0.29, 0.717) is 29.4 Å². The van der Waals surface area contributed by atoms with Crippen LogP contribution >= 0.6 is 0 Å². The van der Waals surface area contributed by atoms with Gasteiger partial charge in [-0.3, -0.25) is 9.59 Å². The Morgan fingerprint density at radius 2 is 1.95 bits per heavy atom. The molecular formula is C16H15N3O3. The summed E-state index contributed by atoms with van der Waals surface area (Å²) in [6, 6.07) is 10.4. The molecule has 0 radical (unpaired) electrons. The van der Waals surface area contributed by atoms with Gasteiger partial charge in [-0.2, -0.15) is 0 Å². The smallest absolute Gasteiger partial charge is 0.228 e. The zero-order valence-corrected chi connectivity index (χ0v) is 11.8. The topological polar surface area (TPSA) is 80.3 Å². The van der Waals surface area contributed by atoms with E-state index in [2.05, 4.69) is 15.6 Å². The molecule has 0 saturated heterocycles. The van der Waals surface area contributed by atoms with Gasteiger partial charge >= 0.3 is 0 Å². The fraction of sp³-hybridized carbons (Fsp3) is 0.188. The van der Waals surface area contributed by atoms with E-state index in [9.17, 15) is 9.59 Å². The Hall–Kier alpha value is -2.89. The van der Waals surface area contributed by atoms with Crippen molar-refractivity contribution >= 4 is 23.8 Å². The number of amides is 2. The molecule has 2 amide bonds. The number of ether oxygens (including phenoxy) is 1. The number of carbonyl (C=O) groups excluding carboxylic acids is 2. The minimum atomic E-state index is 0.00828. The zero-order valence-electron chi connectivity index (χ0n) is 11.8. The van der Waals surface area contributed by atoms with Crippen LogP contribution in [0.2, 0.25) is 0 Å². The minimum absolute atomic E-state index is 0.00828. The molecule has 1 aromatic carbocycles. The van der Waals surface area contributed by atoms with Gasteiger partial charge < -0.3 is 15.4 Å². The second kappa shape index (κ2) is 6.26. The Morgan fingerprint density at radius 3 is 2.64 bits per heavy atom. The molecular weight excluding hydrogens is 282 g/mol. The number of benzene rings is 1. The first-order valence-electron chi connectivity index (χ1n) is 6.99. The molecule has 0 atom stereocenters. The summed E-state index contributed by atoms with van der Waals surface area (Å²) in [6.45, 7) is 0. The summed E-state index contributed by atoms with van der Waals surface area (Å²) in [5, 5.41) is 5.33. The number of carbonyl (C=O) groups is 2. The highest BCUT2D eigenvalue weighted by Gasteiger charge is 2.29. The maximum absolute atomic E-state index is 11.7. The molecule has 1 aliphatic rings. The lowest BCUT2D eigenvalue weighted by Crippen LogP contribution is -2.14. The van der Waals surface area contributed by atoms with Crippen molar-refractivity contribution in [3.8, 4) is 11.5 Å². The summed E-state index contributed by atoms with van der Waals surface area (Å²) in [5.74, 6) is 1.83. The van der Waals surface area contributed by atoms with E-state index in [1.54, 1.807) is 42.6 Å². The molecule has 1 aliphatic carbocycles. The second-order valence-corrected chi connectivity index (χ2v) is 5.03. The summed E-state index contributed by atoms with van der Waals surface area (Å²) in [4.78, 5) is 26.2. The molecule has 6 nitrogen and oxygen atoms in total. The van der Waals surface area contributed by atoms with E-state index in [0.717, 1.165) is 12.8 Å². The lowest BCUT2D eigenvalue weighted by Gasteiger charge is -2.08. The molecule has 3 rings (SSSR count). The monoisotopic (exact) mass is 297 g/mol. The van der Waals surface area contributed by atoms with Crippen LogP contribution in [0.5, 0.6) is 11.5 Å². The first-order chi connectivity index (χ1) is 10.7. The lowest BCUT2D eigenvalue weighted by atomic mass is 10.3. The molecule has 0 aliphatic heterocycles. The summed E-state index contributed by atoms with van der Waals surface area (Å²) < 4.78 is 5.70. The molecule has 1 saturated carbocycles. The molecule has 0 bridgehead atoms. The quantitative estimate of drug-likeness (QED) is 0.803. The summed E-state index contributed by atoms with van der Waals surface area (Å²) in [5.41, 5.74) is 0.689. The van der Waals surface area contributed by atoms with Gasteiger partial charge in [-0.15, -0.1) is 0 Å². The van der Waals surface area contributed by atoms with Gasteiger partial charge in [-0.1, -0.05) is 0 Å². The van der Waals surface area contributed by atoms with Crippen LogP contribution in [0.25, 0.3) is 0 Å². The van der Waals surface area contributed by atoms with Crippen molar-refractivity contribution < 1.29 is 14.3 Å². The predicted molar refractivity (Wildman–Crippen MR) is 81.8 cm³/mol. The molecule has 2 N–H and O–H groups in total. The highest BCUT2D eigenvalue weighted by atomic mass is 16.5. The standard InChI is InChI=1S/C16H15N3O3/c20-10-18-12-3-5-13(6-4-12)22-14-7-8-17-15(9-14)19-16(21)11-1-2-11/h3-11H,1-2H2,(H,18,20)(H,17,19,21). The largest absolute Gasteiger partial charge is 0.457 e. The molecule has 1 heterocycles. The third-order valence-corrected chi connectivity index (χ3v) is 3.25. The lowest BCUT2D eigenvalue weighted by molar-refractivity contribution is -0.117. The summed E-state index contributed by atoms with van der Waals surface area (Å²) in [7, 11) is 0. The van der Waals surface area contributed by atoms with Gasteiger partial charge in [0.15, 0.2) is 0 Å². The van der Waals surface area contributed by atoms with Crippen LogP contribution in [0.4, 0.5) is 11.5 Å². The molecule has 2 aromatic rings. The van der Waals surface area contributed by atoms with E-state index < -0.39 is 0 Å². The van der Waals surface area contributed by atoms with E-state index in [-0.39, 0.29) is 11.8 Å². The maximum atomic E-state index is 11.7. The highest BCUT2D eigenvalue weighted by Crippen LogP contribution is 2.30. The predicted octanol–water partition coefficient (Wildman–Crippen LogP) is 2.79. The Morgan fingerprint density at radius 1 is 1.18 bits per heavy atom. The van der Waals surface area contributed by atoms with Crippen LogP contribution < -0.4 is 15.4 Å². The van der Waals surface area contributed by atoms with Gasteiger partial charge in [0.2, 0.25) is 12.3 Å². The van der Waals surface area contributed by atoms with Gasteiger partial charge in [-0.25, -0.2) is 4.98 Å². The normalized spacial score (nSPS) is 13.3. The van der Waals surface area contributed by atoms with Gasteiger partial charge in [-0.05, 0) is 43.2 Å². The van der Waals surface area contributed by atoms with E-state index in [1.807, 2.05) is 0 Å². The molecule has 112 valence electrons. The molecule has 0 unspecified atom stereocenters. The van der Waals surface area contributed by atoms with Crippen molar-refractivity contribution in [1.82, 2.24) is 4.98 Å². The number of aromatic nitrogens is 1. The van der Waals surface area contributed by atoms with Crippen molar-refractivity contribution in [1.29, 1.82) is 0 Å². The Kier molecular flexibility index (Phi) is 4.00. The first-order valence-corrected chi connectivity index (χ1v) is 6.99. The van der Waals surface area contributed by atoms with Crippen molar-refractivity contribution in [2.45, 2.75) is 12.8 Å². The molecule has 1 aromatic heterocycles. The number of hydrogen-bond donors (Lipinski definition) is 2. The maximum Gasteiger partial charge on any atom is 0.228 e. The number of hydrogen-bond acceptors (Lipinski definition) is 4.